The maximum atomic E-state index is 12.1. The maximum Gasteiger partial charge on any atom is 0.315 e. The Morgan fingerprint density at radius 3 is 1.53 bits per heavy atom. The number of hydrogen-bond acceptors (Lipinski definition) is 17. The summed E-state index contributed by atoms with van der Waals surface area (Å²) < 4.78 is 60.9. The molecule has 20 nitrogen and oxygen atoms in total. The molecule has 6 heterocycles. The van der Waals surface area contributed by atoms with E-state index in [9.17, 15) is 24.0 Å². The number of aromatic nitrogens is 1. The highest BCUT2D eigenvalue weighted by Gasteiger charge is 2.48. The summed E-state index contributed by atoms with van der Waals surface area (Å²) in [6, 6.07) is 21.1. The largest absolute Gasteiger partial charge is 0.493 e. The second-order valence-corrected chi connectivity index (χ2v) is 32.0. The van der Waals surface area contributed by atoms with E-state index in [0.29, 0.717) is 98.9 Å². The van der Waals surface area contributed by atoms with Gasteiger partial charge in [0.25, 0.3) is 0 Å². The van der Waals surface area contributed by atoms with Crippen LogP contribution < -0.4 is 25.4 Å². The molecule has 1 aromatic heterocycles. The molecule has 0 spiro atoms. The van der Waals surface area contributed by atoms with Crippen molar-refractivity contribution in [2.45, 2.75) is 270 Å². The molecule has 560 valence electrons. The molecule has 5 saturated heterocycles. The molecule has 11 fully saturated rings. The summed E-state index contributed by atoms with van der Waals surface area (Å²) in [5.74, 6) is 5.17. The molecule has 14 rings (SSSR count). The van der Waals surface area contributed by atoms with E-state index in [1.165, 1.54) is 68.1 Å². The number of epoxide rings is 4. The number of nitrogens with one attached hydrogen (secondary N) is 3. The Kier molecular flexibility index (Phi) is 29.0. The van der Waals surface area contributed by atoms with Crippen molar-refractivity contribution in [2.75, 3.05) is 59.4 Å². The summed E-state index contributed by atoms with van der Waals surface area (Å²) >= 11 is 0. The predicted molar refractivity (Wildman–Crippen MR) is 383 cm³/mol. The summed E-state index contributed by atoms with van der Waals surface area (Å²) in [6.45, 7) is 24.2. The fraction of sp³-hybridized carbons (Fsp3) is 0.728. The van der Waals surface area contributed by atoms with Gasteiger partial charge in [0.2, 0.25) is 5.91 Å². The molecular weight excluding hydrogens is 1280 g/mol. The Hall–Kier alpha value is -5.90. The number of fused-ring (bicyclic) bond motifs is 6. The number of amides is 3. The first-order valence-corrected chi connectivity index (χ1v) is 38.6. The molecule has 15 unspecified atom stereocenters. The van der Waals surface area contributed by atoms with Gasteiger partial charge in [-0.2, -0.15) is 0 Å². The van der Waals surface area contributed by atoms with Gasteiger partial charge in [-0.25, -0.2) is 4.79 Å². The number of ether oxygens (including phenoxy) is 11. The van der Waals surface area contributed by atoms with Crippen LogP contribution >= 0.6 is 0 Å². The summed E-state index contributed by atoms with van der Waals surface area (Å²) in [6.07, 6.45) is 29.0. The first-order valence-electron chi connectivity index (χ1n) is 38.6. The quantitative estimate of drug-likeness (QED) is 0.0264. The van der Waals surface area contributed by atoms with E-state index in [-0.39, 0.29) is 84.0 Å². The predicted octanol–water partition coefficient (Wildman–Crippen LogP) is 12.9. The zero-order chi connectivity index (χ0) is 71.5. The molecule has 2 aromatic carbocycles. The molecule has 20 heteroatoms. The number of pyridine rings is 1. The van der Waals surface area contributed by atoms with Gasteiger partial charge in [0.05, 0.1) is 119 Å². The van der Waals surface area contributed by atoms with E-state index in [4.69, 9.17) is 52.1 Å². The highest BCUT2D eigenvalue weighted by Crippen LogP contribution is 2.49. The van der Waals surface area contributed by atoms with Gasteiger partial charge in [-0.05, 0) is 239 Å². The Morgan fingerprint density at radius 1 is 0.554 bits per heavy atom. The van der Waals surface area contributed by atoms with Gasteiger partial charge in [0, 0.05) is 49.5 Å². The van der Waals surface area contributed by atoms with Crippen LogP contribution in [0.5, 0.6) is 11.5 Å². The number of carbonyl (C=O) groups excluding carboxylic acids is 5. The van der Waals surface area contributed by atoms with E-state index >= 15 is 0 Å². The average molecular weight is 1410 g/mol. The van der Waals surface area contributed by atoms with Crippen LogP contribution in [0.1, 0.15) is 207 Å². The van der Waals surface area contributed by atoms with Gasteiger partial charge in [-0.15, -0.1) is 0 Å². The molecule has 3 N–H and O–H groups in total. The van der Waals surface area contributed by atoms with E-state index < -0.39 is 0 Å². The van der Waals surface area contributed by atoms with Crippen molar-refractivity contribution in [1.82, 2.24) is 20.9 Å². The molecule has 5 aliphatic heterocycles. The van der Waals surface area contributed by atoms with Crippen LogP contribution in [0.4, 0.5) is 4.79 Å². The molecule has 6 saturated carbocycles. The van der Waals surface area contributed by atoms with Crippen LogP contribution in [-0.2, 0) is 73.6 Å². The Morgan fingerprint density at radius 2 is 1.07 bits per heavy atom. The summed E-state index contributed by atoms with van der Waals surface area (Å²) in [5.41, 5.74) is 3.92. The monoisotopic (exact) mass is 1400 g/mol. The van der Waals surface area contributed by atoms with Gasteiger partial charge < -0.3 is 68.1 Å². The molecule has 3 aromatic rings. The molecule has 15 atom stereocenters. The van der Waals surface area contributed by atoms with Crippen molar-refractivity contribution in [2.24, 2.45) is 46.8 Å². The van der Waals surface area contributed by atoms with Gasteiger partial charge in [-0.3, -0.25) is 24.2 Å². The van der Waals surface area contributed by atoms with E-state index in [1.807, 2.05) is 66.1 Å². The minimum absolute atomic E-state index is 0.0666. The molecule has 11 aliphatic rings. The SMILES string of the molecule is CC(C)NC(=O)CCC(=O)OCC1CCC2OC2C1.CC(C)NC(=O)NCCC(=O)OCC1CCC2OC2C1.CC(C)Oc1ccc(C(C)(C)c2ccc(OCC3CCC4OC4C3)cc2)cc1.CCC1(COC(=O)C2CC3CCC2C3)COC1.c1cc(CCOCC2CCC3OC3C2)ccn1. The number of rotatable bonds is 28. The van der Waals surface area contributed by atoms with Gasteiger partial charge in [-0.1, -0.05) is 51.5 Å². The minimum atomic E-state index is -0.280. The van der Waals surface area contributed by atoms with Crippen LogP contribution in [0, 0.1) is 46.8 Å². The summed E-state index contributed by atoms with van der Waals surface area (Å²) in [7, 11) is 0. The smallest absolute Gasteiger partial charge is 0.315 e. The normalized spacial score (nSPS) is 29.1. The van der Waals surface area contributed by atoms with Crippen molar-refractivity contribution < 1.29 is 76.1 Å². The lowest BCUT2D eigenvalue weighted by Crippen LogP contribution is -2.46. The number of nitrogens with zero attached hydrogens (tertiary/aromatic N) is 1. The maximum absolute atomic E-state index is 12.1. The van der Waals surface area contributed by atoms with Crippen LogP contribution in [0.25, 0.3) is 0 Å². The van der Waals surface area contributed by atoms with Crippen molar-refractivity contribution in [3.8, 4) is 11.5 Å². The second kappa shape index (κ2) is 37.7. The third-order valence-electron chi connectivity index (χ3n) is 22.2. The van der Waals surface area contributed by atoms with E-state index in [0.717, 1.165) is 121 Å². The van der Waals surface area contributed by atoms with Crippen molar-refractivity contribution in [3.63, 3.8) is 0 Å². The highest BCUT2D eigenvalue weighted by molar-refractivity contribution is 5.81. The zero-order valence-corrected chi connectivity index (χ0v) is 62.0. The fourth-order valence-corrected chi connectivity index (χ4v) is 15.5. The Labute approximate surface area is 601 Å². The lowest BCUT2D eigenvalue weighted by Gasteiger charge is -2.40. The van der Waals surface area contributed by atoms with Crippen LogP contribution in [0.3, 0.4) is 0 Å². The fourth-order valence-electron chi connectivity index (χ4n) is 15.5. The summed E-state index contributed by atoms with van der Waals surface area (Å²) in [4.78, 5) is 61.8. The topological polar surface area (TPSA) is 249 Å². The molecule has 0 radical (unpaired) electrons. The van der Waals surface area contributed by atoms with Crippen LogP contribution in [0.2, 0.25) is 0 Å². The zero-order valence-electron chi connectivity index (χ0n) is 62.0. The number of esters is 3. The Balaban J connectivity index is 0.000000138. The lowest BCUT2D eigenvalue weighted by atomic mass is 9.78. The first-order chi connectivity index (χ1) is 48.6. The van der Waals surface area contributed by atoms with Gasteiger partial charge in [0.1, 0.15) is 18.1 Å². The van der Waals surface area contributed by atoms with E-state index in [1.54, 1.807) is 0 Å². The van der Waals surface area contributed by atoms with Gasteiger partial charge >= 0.3 is 23.9 Å². The highest BCUT2D eigenvalue weighted by atomic mass is 16.6. The summed E-state index contributed by atoms with van der Waals surface area (Å²) in [5, 5.41) is 8.07. The van der Waals surface area contributed by atoms with E-state index in [2.05, 4.69) is 90.2 Å². The second-order valence-electron chi connectivity index (χ2n) is 32.0. The lowest BCUT2D eigenvalue weighted by molar-refractivity contribution is -0.175. The molecular formula is C81H120N4O16. The number of carbonyl (C=O) groups is 5. The van der Waals surface area contributed by atoms with Crippen LogP contribution in [0.15, 0.2) is 73.1 Å². The van der Waals surface area contributed by atoms with Gasteiger partial charge in [0.15, 0.2) is 0 Å². The van der Waals surface area contributed by atoms with Crippen LogP contribution in [-0.4, -0.2) is 161 Å². The van der Waals surface area contributed by atoms with Crippen molar-refractivity contribution in [1.29, 1.82) is 0 Å². The Bertz CT molecular complexity index is 3050. The number of urea groups is 1. The number of hydrogen-bond donors (Lipinski definition) is 3. The number of benzene rings is 2. The van der Waals surface area contributed by atoms with Crippen molar-refractivity contribution >= 4 is 29.8 Å². The molecule has 2 bridgehead atoms. The standard InChI is InChI=1S/C25H32O3.C14H24N2O4.C14H23NO4.C14H19NO2.C14H22O3/c1-17(2)27-22-12-8-20(9-13-22)25(3,4)19-6-10-21(11-7-19)26-16-18-5-14-23-24(15-18)28-23;1-9(2)16-14(18)15-6-5-13(17)19-8-10-3-4-11-12(7-10)20-11;1-9(2)15-13(16)5-6-14(17)18-8-10-3-4-11-12(7-10)19-11;1-2-13-14(17-13)9-12(1)10-16-8-5-11-3-6-15-7-4-11;1-2-14(7-16-8-14)9-17-13(15)12-6-10-3-4-11(12)5-10/h6-13,17-18,23-24H,5,14-16H2,1-4H3;9-12H,3-8H2,1-2H3,(H2,15,16,18);9-12H,3-8H2,1-2H3,(H,15,16);3-4,6-7,12-14H,1-2,5,8-10H2;10-12H,2-9H2,1H3. The molecule has 6 aliphatic carbocycles. The average Bonchev–Trinajstić information content (AvgIpc) is 1.09. The van der Waals surface area contributed by atoms with Crippen molar-refractivity contribution in [3.05, 3.63) is 89.7 Å². The first kappa shape index (κ1) is 77.7. The minimum Gasteiger partial charge on any atom is -0.493 e. The third kappa shape index (κ3) is 25.4. The third-order valence-corrected chi connectivity index (χ3v) is 22.2. The molecule has 101 heavy (non-hydrogen) atoms. The molecule has 3 amide bonds.